The van der Waals surface area contributed by atoms with Crippen molar-refractivity contribution in [3.05, 3.63) is 41.5 Å². The van der Waals surface area contributed by atoms with Crippen LogP contribution in [0.5, 0.6) is 0 Å². The van der Waals surface area contributed by atoms with Gasteiger partial charge in [-0.25, -0.2) is 14.0 Å². The molecule has 1 aromatic carbocycles. The lowest BCUT2D eigenvalue weighted by atomic mass is 10.2. The lowest BCUT2D eigenvalue weighted by molar-refractivity contribution is -0.119. The summed E-state index contributed by atoms with van der Waals surface area (Å²) in [4.78, 5) is 37.6. The second kappa shape index (κ2) is 8.26. The third kappa shape index (κ3) is 4.28. The van der Waals surface area contributed by atoms with Gasteiger partial charge in [-0.15, -0.1) is 0 Å². The molecule has 5 rings (SSSR count). The molecule has 0 spiro atoms. The Bertz CT molecular complexity index is 1100. The molecule has 3 amide bonds. The largest absolute Gasteiger partial charge is 0.442 e. The van der Waals surface area contributed by atoms with E-state index in [9.17, 15) is 18.8 Å². The van der Waals surface area contributed by atoms with Crippen LogP contribution in [0.3, 0.4) is 0 Å². The van der Waals surface area contributed by atoms with Crippen LogP contribution in [-0.4, -0.2) is 59.7 Å². The van der Waals surface area contributed by atoms with Crippen LogP contribution in [-0.2, 0) is 33.9 Å². The molecule has 2 saturated heterocycles. The Kier molecular flexibility index (Phi) is 5.27. The molecule has 3 aliphatic rings. The van der Waals surface area contributed by atoms with Crippen LogP contribution >= 0.6 is 0 Å². The van der Waals surface area contributed by atoms with E-state index in [4.69, 9.17) is 9.47 Å². The highest BCUT2D eigenvalue weighted by Crippen LogP contribution is 2.32. The molecular weight excluding hydrogens is 435 g/mol. The number of nitrogens with one attached hydrogen (secondary N) is 2. The normalized spacial score (nSPS) is 21.6. The first kappa shape index (κ1) is 21.0. The van der Waals surface area contributed by atoms with Crippen LogP contribution in [0.4, 0.5) is 25.4 Å². The van der Waals surface area contributed by atoms with Crippen molar-refractivity contribution >= 4 is 29.5 Å². The van der Waals surface area contributed by atoms with Crippen LogP contribution in [0.1, 0.15) is 18.2 Å². The van der Waals surface area contributed by atoms with E-state index < -0.39 is 24.1 Å². The number of aromatic nitrogens is 2. The fraction of sp³-hybridized carbons (Fsp3) is 0.429. The van der Waals surface area contributed by atoms with Gasteiger partial charge in [0.25, 0.3) is 0 Å². The third-order valence-corrected chi connectivity index (χ3v) is 5.80. The predicted octanol–water partition coefficient (Wildman–Crippen LogP) is 1.11. The number of benzene rings is 1. The maximum absolute atomic E-state index is 15.0. The van der Waals surface area contributed by atoms with E-state index in [1.807, 2.05) is 11.1 Å². The van der Waals surface area contributed by atoms with Gasteiger partial charge in [-0.2, -0.15) is 5.10 Å². The standard InChI is InChI=1S/C21H23FN6O5/c1-12(29)23-5-16-10-28(21(31)33-16)14-2-3-19(17(22)4-14)26-7-13-8-27(25-18(13)11-26)9-15-6-24-20(30)32-15/h2-4,8,15-16H,5-7,9-11H2,1H3,(H,23,29)(H,24,30)/t15?,16-/m0/s1. The number of cyclic esters (lactones) is 2. The molecular formula is C21H23FN6O5. The quantitative estimate of drug-likeness (QED) is 0.666. The number of rotatable bonds is 6. The maximum Gasteiger partial charge on any atom is 0.414 e. The predicted molar refractivity (Wildman–Crippen MR) is 113 cm³/mol. The van der Waals surface area contributed by atoms with Crippen molar-refractivity contribution in [1.82, 2.24) is 20.4 Å². The Labute approximate surface area is 188 Å². The first-order valence-electron chi connectivity index (χ1n) is 10.6. The van der Waals surface area contributed by atoms with Crippen molar-refractivity contribution in [3.8, 4) is 0 Å². The Morgan fingerprint density at radius 2 is 2.12 bits per heavy atom. The Morgan fingerprint density at radius 3 is 2.82 bits per heavy atom. The molecule has 1 unspecified atom stereocenters. The van der Waals surface area contributed by atoms with Gasteiger partial charge in [-0.05, 0) is 18.2 Å². The molecule has 0 radical (unpaired) electrons. The smallest absolute Gasteiger partial charge is 0.414 e. The number of carbonyl (C=O) groups excluding carboxylic acids is 3. The minimum absolute atomic E-state index is 0.208. The third-order valence-electron chi connectivity index (χ3n) is 5.80. The number of hydrogen-bond donors (Lipinski definition) is 2. The highest BCUT2D eigenvalue weighted by molar-refractivity contribution is 5.90. The summed E-state index contributed by atoms with van der Waals surface area (Å²) in [6.45, 7) is 3.69. The van der Waals surface area contributed by atoms with Gasteiger partial charge in [-0.1, -0.05) is 0 Å². The number of carbonyl (C=O) groups is 3. The number of halogens is 1. The van der Waals surface area contributed by atoms with Gasteiger partial charge >= 0.3 is 12.2 Å². The van der Waals surface area contributed by atoms with Crippen LogP contribution in [0, 0.1) is 5.82 Å². The molecule has 0 aliphatic carbocycles. The van der Waals surface area contributed by atoms with Crippen molar-refractivity contribution in [2.75, 3.05) is 29.4 Å². The average molecular weight is 458 g/mol. The highest BCUT2D eigenvalue weighted by Gasteiger charge is 2.33. The molecule has 2 aromatic rings. The number of hydrogen-bond acceptors (Lipinski definition) is 7. The van der Waals surface area contributed by atoms with E-state index >= 15 is 0 Å². The lowest BCUT2D eigenvalue weighted by Crippen LogP contribution is -2.33. The van der Waals surface area contributed by atoms with Gasteiger partial charge in [0.2, 0.25) is 5.91 Å². The molecule has 174 valence electrons. The molecule has 12 heteroatoms. The molecule has 1 aromatic heterocycles. The van der Waals surface area contributed by atoms with E-state index in [0.717, 1.165) is 11.3 Å². The van der Waals surface area contributed by atoms with Gasteiger partial charge in [0, 0.05) is 25.2 Å². The molecule has 2 fully saturated rings. The van der Waals surface area contributed by atoms with E-state index in [0.29, 0.717) is 37.6 Å². The SMILES string of the molecule is CC(=O)NC[C@H]1CN(c2ccc(N3Cc4cn(CC5CNC(=O)O5)nc4C3)c(F)c2)C(=O)O1. The zero-order valence-corrected chi connectivity index (χ0v) is 17.9. The van der Waals surface area contributed by atoms with Crippen LogP contribution < -0.4 is 20.4 Å². The van der Waals surface area contributed by atoms with E-state index in [-0.39, 0.29) is 25.1 Å². The van der Waals surface area contributed by atoms with Crippen LogP contribution in [0.2, 0.25) is 0 Å². The van der Waals surface area contributed by atoms with Gasteiger partial charge in [-0.3, -0.25) is 14.4 Å². The molecule has 0 saturated carbocycles. The molecule has 4 heterocycles. The number of fused-ring (bicyclic) bond motifs is 1. The van der Waals surface area contributed by atoms with E-state index in [1.54, 1.807) is 16.8 Å². The van der Waals surface area contributed by atoms with Gasteiger partial charge in [0.15, 0.2) is 0 Å². The summed E-state index contributed by atoms with van der Waals surface area (Å²) in [5.41, 5.74) is 2.65. The minimum Gasteiger partial charge on any atom is -0.442 e. The second-order valence-electron chi connectivity index (χ2n) is 8.28. The topological polar surface area (TPSA) is 118 Å². The maximum atomic E-state index is 15.0. The van der Waals surface area contributed by atoms with Gasteiger partial charge in [0.1, 0.15) is 18.0 Å². The zero-order valence-electron chi connectivity index (χ0n) is 17.9. The second-order valence-corrected chi connectivity index (χ2v) is 8.28. The monoisotopic (exact) mass is 458 g/mol. The summed E-state index contributed by atoms with van der Waals surface area (Å²) in [7, 11) is 0. The number of alkyl carbamates (subject to hydrolysis) is 1. The number of amides is 3. The van der Waals surface area contributed by atoms with Crippen molar-refractivity contribution < 1.29 is 28.2 Å². The zero-order chi connectivity index (χ0) is 23.1. The van der Waals surface area contributed by atoms with Gasteiger partial charge < -0.3 is 25.0 Å². The summed E-state index contributed by atoms with van der Waals surface area (Å²) in [5, 5.41) is 9.77. The lowest BCUT2D eigenvalue weighted by Gasteiger charge is -2.21. The Morgan fingerprint density at radius 1 is 1.27 bits per heavy atom. The molecule has 0 bridgehead atoms. The van der Waals surface area contributed by atoms with Crippen molar-refractivity contribution in [2.24, 2.45) is 0 Å². The molecule has 2 atom stereocenters. The molecule has 33 heavy (non-hydrogen) atoms. The summed E-state index contributed by atoms with van der Waals surface area (Å²) >= 11 is 0. The molecule has 2 N–H and O–H groups in total. The average Bonchev–Trinajstić information content (AvgIpc) is 3.51. The van der Waals surface area contributed by atoms with Crippen molar-refractivity contribution in [1.29, 1.82) is 0 Å². The summed E-state index contributed by atoms with van der Waals surface area (Å²) < 4.78 is 27.1. The summed E-state index contributed by atoms with van der Waals surface area (Å²) in [6.07, 6.45) is 0.155. The molecule has 3 aliphatic heterocycles. The van der Waals surface area contributed by atoms with Gasteiger partial charge in [0.05, 0.1) is 49.8 Å². The molecule has 11 nitrogen and oxygen atoms in total. The number of anilines is 2. The van der Waals surface area contributed by atoms with E-state index in [2.05, 4.69) is 15.7 Å². The highest BCUT2D eigenvalue weighted by atomic mass is 19.1. The minimum atomic E-state index is -0.573. The van der Waals surface area contributed by atoms with Crippen molar-refractivity contribution in [2.45, 2.75) is 38.8 Å². The van der Waals surface area contributed by atoms with E-state index in [1.165, 1.54) is 17.9 Å². The van der Waals surface area contributed by atoms with Crippen LogP contribution in [0.25, 0.3) is 0 Å². The first-order valence-corrected chi connectivity index (χ1v) is 10.6. The number of nitrogens with zero attached hydrogens (tertiary/aromatic N) is 4. The van der Waals surface area contributed by atoms with Crippen molar-refractivity contribution in [3.63, 3.8) is 0 Å². The fourth-order valence-corrected chi connectivity index (χ4v) is 4.23. The fourth-order valence-electron chi connectivity index (χ4n) is 4.23. The first-order chi connectivity index (χ1) is 15.9. The Balaban J connectivity index is 1.22. The number of ether oxygens (including phenoxy) is 2. The summed E-state index contributed by atoms with van der Waals surface area (Å²) in [5.74, 6) is -0.662. The Hall–Kier alpha value is -3.83. The summed E-state index contributed by atoms with van der Waals surface area (Å²) in [6, 6.07) is 4.64. The van der Waals surface area contributed by atoms with Crippen LogP contribution in [0.15, 0.2) is 24.4 Å².